The van der Waals surface area contributed by atoms with Crippen molar-refractivity contribution in [1.82, 2.24) is 14.9 Å². The second-order valence-electron chi connectivity index (χ2n) is 7.98. The van der Waals surface area contributed by atoms with Gasteiger partial charge in [0.15, 0.2) is 0 Å². The quantitative estimate of drug-likeness (QED) is 0.454. The first kappa shape index (κ1) is 19.9. The summed E-state index contributed by atoms with van der Waals surface area (Å²) in [5.41, 5.74) is 10.0. The number of hydrogen-bond acceptors (Lipinski definition) is 5. The number of carbonyl (C=O) groups excluding carboxylic acids is 2. The third-order valence-corrected chi connectivity index (χ3v) is 5.64. The average Bonchev–Trinajstić information content (AvgIpc) is 3.39. The molecule has 2 heterocycles. The van der Waals surface area contributed by atoms with Crippen LogP contribution in [0.5, 0.6) is 0 Å². The molecule has 2 amide bonds. The van der Waals surface area contributed by atoms with Crippen molar-refractivity contribution < 1.29 is 14.7 Å². The van der Waals surface area contributed by atoms with Crippen LogP contribution < -0.4 is 16.4 Å². The summed E-state index contributed by atoms with van der Waals surface area (Å²) in [5, 5.41) is 20.1. The number of aliphatic hydroxyl groups is 1. The fourth-order valence-corrected chi connectivity index (χ4v) is 3.52. The average molecular weight is 407 g/mol. The van der Waals surface area contributed by atoms with Crippen LogP contribution in [0.25, 0.3) is 16.6 Å². The van der Waals surface area contributed by atoms with Crippen LogP contribution in [0.1, 0.15) is 35.7 Å². The maximum Gasteiger partial charge on any atom is 0.252 e. The summed E-state index contributed by atoms with van der Waals surface area (Å²) in [5.74, 6) is -0.633. The third-order valence-electron chi connectivity index (χ3n) is 5.64. The van der Waals surface area contributed by atoms with E-state index in [9.17, 15) is 14.7 Å². The number of hydrogen-bond donors (Lipinski definition) is 4. The summed E-state index contributed by atoms with van der Waals surface area (Å²) >= 11 is 0. The van der Waals surface area contributed by atoms with E-state index in [1.54, 1.807) is 4.52 Å². The Kier molecular flexibility index (Phi) is 5.17. The molecule has 3 aromatic rings. The van der Waals surface area contributed by atoms with Gasteiger partial charge in [0, 0.05) is 37.2 Å². The number of aliphatic hydroxyl groups excluding tert-OH is 1. The maximum atomic E-state index is 12.0. The zero-order chi connectivity index (χ0) is 21.3. The minimum atomic E-state index is -0.554. The lowest BCUT2D eigenvalue weighted by molar-refractivity contribution is -0.119. The number of nitrogens with two attached hydrogens (primary N) is 1. The molecule has 30 heavy (non-hydrogen) atoms. The highest BCUT2D eigenvalue weighted by Crippen LogP contribution is 2.45. The van der Waals surface area contributed by atoms with Crippen molar-refractivity contribution in [3.63, 3.8) is 0 Å². The fourth-order valence-electron chi connectivity index (χ4n) is 3.52. The van der Waals surface area contributed by atoms with Gasteiger partial charge in [-0.3, -0.25) is 9.59 Å². The second-order valence-corrected chi connectivity index (χ2v) is 7.98. The van der Waals surface area contributed by atoms with Crippen LogP contribution in [-0.2, 0) is 11.3 Å². The molecule has 2 aromatic heterocycles. The first-order valence-electron chi connectivity index (χ1n) is 9.90. The molecule has 156 valence electrons. The van der Waals surface area contributed by atoms with Crippen molar-refractivity contribution in [3.05, 3.63) is 53.9 Å². The monoisotopic (exact) mass is 407 g/mol. The predicted molar refractivity (Wildman–Crippen MR) is 114 cm³/mol. The minimum Gasteiger partial charge on any atom is -0.396 e. The molecule has 1 aliphatic carbocycles. The molecule has 0 saturated heterocycles. The molecule has 0 radical (unpaired) electrons. The van der Waals surface area contributed by atoms with E-state index in [4.69, 9.17) is 5.73 Å². The number of anilines is 1. The topological polar surface area (TPSA) is 122 Å². The zero-order valence-electron chi connectivity index (χ0n) is 16.8. The van der Waals surface area contributed by atoms with Gasteiger partial charge in [0.1, 0.15) is 0 Å². The van der Waals surface area contributed by atoms with Crippen molar-refractivity contribution in [2.24, 2.45) is 11.1 Å². The molecule has 1 saturated carbocycles. The Bertz CT molecular complexity index is 1120. The Morgan fingerprint density at radius 3 is 2.73 bits per heavy atom. The molecule has 1 fully saturated rings. The van der Waals surface area contributed by atoms with Gasteiger partial charge < -0.3 is 21.5 Å². The molecule has 0 unspecified atom stereocenters. The lowest BCUT2D eigenvalue weighted by atomic mass is 10.1. The van der Waals surface area contributed by atoms with Gasteiger partial charge >= 0.3 is 0 Å². The number of rotatable bonds is 8. The summed E-state index contributed by atoms with van der Waals surface area (Å²) in [7, 11) is 0. The highest BCUT2D eigenvalue weighted by atomic mass is 16.3. The molecule has 1 aromatic carbocycles. The van der Waals surface area contributed by atoms with Gasteiger partial charge in [-0.15, -0.1) is 0 Å². The van der Waals surface area contributed by atoms with E-state index in [2.05, 4.69) is 15.7 Å². The van der Waals surface area contributed by atoms with Crippen molar-refractivity contribution in [1.29, 1.82) is 0 Å². The number of amides is 2. The zero-order valence-corrected chi connectivity index (χ0v) is 16.8. The summed E-state index contributed by atoms with van der Waals surface area (Å²) in [6, 6.07) is 9.85. The van der Waals surface area contributed by atoms with E-state index in [0.29, 0.717) is 24.3 Å². The van der Waals surface area contributed by atoms with E-state index >= 15 is 0 Å². The number of nitrogens with one attached hydrogen (secondary N) is 2. The highest BCUT2D eigenvalue weighted by molar-refractivity contribution is 6.02. The van der Waals surface area contributed by atoms with E-state index in [1.807, 2.05) is 36.5 Å². The van der Waals surface area contributed by atoms with Gasteiger partial charge in [-0.25, -0.2) is 4.52 Å². The Morgan fingerprint density at radius 2 is 2.07 bits per heavy atom. The van der Waals surface area contributed by atoms with Gasteiger partial charge in [0.05, 0.1) is 29.6 Å². The van der Waals surface area contributed by atoms with E-state index in [1.165, 1.54) is 13.1 Å². The molecule has 1 aliphatic rings. The van der Waals surface area contributed by atoms with Crippen molar-refractivity contribution in [2.45, 2.75) is 26.3 Å². The number of carbonyl (C=O) groups is 2. The van der Waals surface area contributed by atoms with Crippen LogP contribution in [0.4, 0.5) is 5.69 Å². The van der Waals surface area contributed by atoms with Crippen LogP contribution >= 0.6 is 0 Å². The van der Waals surface area contributed by atoms with Crippen molar-refractivity contribution >= 4 is 23.0 Å². The number of primary amides is 1. The van der Waals surface area contributed by atoms with Gasteiger partial charge in [-0.1, -0.05) is 18.2 Å². The highest BCUT2D eigenvalue weighted by Gasteiger charge is 2.42. The third kappa shape index (κ3) is 3.99. The number of nitrogens with zero attached hydrogens (tertiary/aromatic N) is 2. The molecular formula is C22H25N5O3. The Morgan fingerprint density at radius 1 is 1.27 bits per heavy atom. The van der Waals surface area contributed by atoms with Crippen molar-refractivity contribution in [2.75, 3.05) is 18.5 Å². The molecule has 4 rings (SSSR count). The number of fused-ring (bicyclic) bond motifs is 1. The standard InChI is InChI=1S/C22H25N5O3/c1-14(29)24-9-15-3-2-4-16(7-15)17-8-19-20(25-12-22(13-28)5-6-22)18(21(23)30)10-26-27(19)11-17/h2-4,7-8,10-11,25,28H,5-6,9,12-13H2,1H3,(H2,23,30)(H,24,29). The largest absolute Gasteiger partial charge is 0.396 e. The van der Waals surface area contributed by atoms with Crippen LogP contribution in [0.2, 0.25) is 0 Å². The summed E-state index contributed by atoms with van der Waals surface area (Å²) < 4.78 is 1.71. The molecule has 0 aliphatic heterocycles. The van der Waals surface area contributed by atoms with Gasteiger partial charge in [0.2, 0.25) is 5.91 Å². The van der Waals surface area contributed by atoms with Gasteiger partial charge in [0.25, 0.3) is 5.91 Å². The maximum absolute atomic E-state index is 12.0. The van der Waals surface area contributed by atoms with Crippen LogP contribution in [0, 0.1) is 5.41 Å². The van der Waals surface area contributed by atoms with Crippen LogP contribution in [-0.4, -0.2) is 39.7 Å². The summed E-state index contributed by atoms with van der Waals surface area (Å²) in [6.45, 7) is 2.62. The predicted octanol–water partition coefficient (Wildman–Crippen LogP) is 1.92. The molecule has 8 heteroatoms. The lowest BCUT2D eigenvalue weighted by Crippen LogP contribution is -2.22. The molecule has 8 nitrogen and oxygen atoms in total. The smallest absolute Gasteiger partial charge is 0.252 e. The SMILES string of the molecule is CC(=O)NCc1cccc(-c2cc3c(NCC4(CO)CC4)c(C(N)=O)cnn3c2)c1. The molecule has 0 bridgehead atoms. The first-order chi connectivity index (χ1) is 14.4. The minimum absolute atomic E-state index is 0.0785. The number of benzene rings is 1. The fraction of sp³-hybridized carbons (Fsp3) is 0.318. The van der Waals surface area contributed by atoms with E-state index in [0.717, 1.165) is 35.0 Å². The lowest BCUT2D eigenvalue weighted by Gasteiger charge is -2.16. The Hall–Kier alpha value is -3.39. The van der Waals surface area contributed by atoms with Crippen molar-refractivity contribution in [3.8, 4) is 11.1 Å². The normalized spacial score (nSPS) is 14.5. The first-order valence-corrected chi connectivity index (χ1v) is 9.90. The van der Waals surface area contributed by atoms with Crippen LogP contribution in [0.3, 0.4) is 0 Å². The molecule has 5 N–H and O–H groups in total. The Labute approximate surface area is 174 Å². The van der Waals surface area contributed by atoms with Gasteiger partial charge in [-0.05, 0) is 36.1 Å². The van der Waals surface area contributed by atoms with E-state index < -0.39 is 5.91 Å². The Balaban J connectivity index is 1.70. The molecule has 0 atom stereocenters. The molecule has 0 spiro atoms. The van der Waals surface area contributed by atoms with Gasteiger partial charge in [-0.2, -0.15) is 5.10 Å². The summed E-state index contributed by atoms with van der Waals surface area (Å²) in [6.07, 6.45) is 5.27. The number of aromatic nitrogens is 2. The van der Waals surface area contributed by atoms with Crippen LogP contribution in [0.15, 0.2) is 42.7 Å². The molecular weight excluding hydrogens is 382 g/mol. The second kappa shape index (κ2) is 7.79. The summed E-state index contributed by atoms with van der Waals surface area (Å²) in [4.78, 5) is 23.2. The van der Waals surface area contributed by atoms with E-state index in [-0.39, 0.29) is 17.9 Å².